The van der Waals surface area contributed by atoms with Gasteiger partial charge in [-0.05, 0) is 37.1 Å². The van der Waals surface area contributed by atoms with Crippen molar-refractivity contribution in [2.45, 2.75) is 26.2 Å². The van der Waals surface area contributed by atoms with Crippen molar-refractivity contribution in [2.75, 3.05) is 13.7 Å². The molecule has 1 heterocycles. The van der Waals surface area contributed by atoms with Gasteiger partial charge in [0.2, 0.25) is 0 Å². The van der Waals surface area contributed by atoms with Crippen LogP contribution in [0.2, 0.25) is 5.02 Å². The molecule has 3 nitrogen and oxygen atoms in total. The summed E-state index contributed by atoms with van der Waals surface area (Å²) >= 11 is 6.12. The lowest BCUT2D eigenvalue weighted by Crippen LogP contribution is -2.17. The summed E-state index contributed by atoms with van der Waals surface area (Å²) in [5.74, 6) is 0.710. The number of rotatable bonds is 2. The first-order chi connectivity index (χ1) is 7.61. The van der Waals surface area contributed by atoms with Gasteiger partial charge in [0, 0.05) is 6.54 Å². The smallest absolute Gasteiger partial charge is 0.137 e. The Hall–Kier alpha value is -0.770. The van der Waals surface area contributed by atoms with Gasteiger partial charge in [-0.1, -0.05) is 11.6 Å². The van der Waals surface area contributed by atoms with Gasteiger partial charge in [-0.3, -0.25) is 5.32 Å². The summed E-state index contributed by atoms with van der Waals surface area (Å²) in [5.41, 5.74) is 2.27. The van der Waals surface area contributed by atoms with Crippen molar-refractivity contribution in [1.29, 1.82) is 0 Å². The molecule has 1 aromatic rings. The fourth-order valence-electron chi connectivity index (χ4n) is 1.97. The first kappa shape index (κ1) is 11.7. The molecule has 2 unspecified atom stereocenters. The van der Waals surface area contributed by atoms with Crippen LogP contribution >= 0.6 is 11.6 Å². The summed E-state index contributed by atoms with van der Waals surface area (Å²) in [4.78, 5) is 0. The molecule has 0 radical (unpaired) electrons. The summed E-state index contributed by atoms with van der Waals surface area (Å²) in [6.07, 6.45) is 0.184. The van der Waals surface area contributed by atoms with E-state index >= 15 is 0 Å². The molecule has 1 aliphatic heterocycles. The maximum Gasteiger partial charge on any atom is 0.137 e. The Morgan fingerprint density at radius 2 is 2.25 bits per heavy atom. The molecule has 16 heavy (non-hydrogen) atoms. The normalized spacial score (nSPS) is 24.8. The Kier molecular flexibility index (Phi) is 3.38. The van der Waals surface area contributed by atoms with Crippen LogP contribution in [0.15, 0.2) is 12.1 Å². The van der Waals surface area contributed by atoms with Gasteiger partial charge in [-0.15, -0.1) is 0 Å². The van der Waals surface area contributed by atoms with Gasteiger partial charge in [-0.25, -0.2) is 0 Å². The van der Waals surface area contributed by atoms with Crippen LogP contribution < -0.4 is 10.1 Å². The van der Waals surface area contributed by atoms with E-state index in [1.165, 1.54) is 0 Å². The molecule has 4 heteroatoms. The average molecular weight is 242 g/mol. The molecule has 0 amide bonds. The van der Waals surface area contributed by atoms with Crippen molar-refractivity contribution in [3.05, 3.63) is 28.3 Å². The number of methoxy groups -OCH3 is 1. The number of benzene rings is 1. The average Bonchev–Trinajstić information content (AvgIpc) is 2.67. The van der Waals surface area contributed by atoms with Crippen molar-refractivity contribution in [1.82, 2.24) is 5.32 Å². The molecule has 0 bridgehead atoms. The van der Waals surface area contributed by atoms with Crippen molar-refractivity contribution < 1.29 is 9.47 Å². The minimum absolute atomic E-state index is 0.0819. The summed E-state index contributed by atoms with van der Waals surface area (Å²) in [7, 11) is 1.62. The lowest BCUT2D eigenvalue weighted by Gasteiger charge is -2.15. The third kappa shape index (κ3) is 2.17. The largest absolute Gasteiger partial charge is 0.495 e. The minimum Gasteiger partial charge on any atom is -0.495 e. The second kappa shape index (κ2) is 4.62. The third-order valence-corrected chi connectivity index (χ3v) is 3.14. The molecule has 1 fully saturated rings. The Morgan fingerprint density at radius 1 is 1.50 bits per heavy atom. The zero-order chi connectivity index (χ0) is 11.7. The van der Waals surface area contributed by atoms with Crippen molar-refractivity contribution >= 4 is 11.6 Å². The highest BCUT2D eigenvalue weighted by Crippen LogP contribution is 2.33. The molecule has 1 saturated heterocycles. The predicted octanol–water partition coefficient (Wildman–Crippen LogP) is 2.66. The maximum atomic E-state index is 6.12. The third-order valence-electron chi connectivity index (χ3n) is 2.85. The zero-order valence-electron chi connectivity index (χ0n) is 9.71. The van der Waals surface area contributed by atoms with E-state index in [2.05, 4.69) is 5.32 Å². The Balaban J connectivity index is 2.31. The van der Waals surface area contributed by atoms with Gasteiger partial charge in [0.1, 0.15) is 12.0 Å². The van der Waals surface area contributed by atoms with Crippen LogP contribution in [0.4, 0.5) is 0 Å². The molecule has 0 aliphatic carbocycles. The fourth-order valence-corrected chi connectivity index (χ4v) is 2.22. The first-order valence-electron chi connectivity index (χ1n) is 5.34. The van der Waals surface area contributed by atoms with E-state index in [0.29, 0.717) is 10.8 Å². The van der Waals surface area contributed by atoms with E-state index in [1.54, 1.807) is 7.11 Å². The maximum absolute atomic E-state index is 6.12. The van der Waals surface area contributed by atoms with Gasteiger partial charge in [0.15, 0.2) is 0 Å². The molecular formula is C12H16ClNO2. The number of aryl methyl sites for hydroxylation is 1. The summed E-state index contributed by atoms with van der Waals surface area (Å²) in [6.45, 7) is 4.87. The van der Waals surface area contributed by atoms with E-state index in [-0.39, 0.29) is 12.3 Å². The van der Waals surface area contributed by atoms with Gasteiger partial charge in [-0.2, -0.15) is 0 Å². The molecule has 1 N–H and O–H groups in total. The monoisotopic (exact) mass is 241 g/mol. The van der Waals surface area contributed by atoms with Gasteiger partial charge in [0.25, 0.3) is 0 Å². The molecule has 88 valence electrons. The van der Waals surface area contributed by atoms with Crippen LogP contribution in [-0.4, -0.2) is 19.9 Å². The topological polar surface area (TPSA) is 30.5 Å². The highest BCUT2D eigenvalue weighted by molar-refractivity contribution is 6.32. The number of nitrogens with one attached hydrogen (secondary N) is 1. The molecular weight excluding hydrogens is 226 g/mol. The van der Waals surface area contributed by atoms with Crippen molar-refractivity contribution in [3.8, 4) is 5.75 Å². The van der Waals surface area contributed by atoms with Crippen LogP contribution in [0.5, 0.6) is 5.75 Å². The zero-order valence-corrected chi connectivity index (χ0v) is 10.5. The fraction of sp³-hybridized carbons (Fsp3) is 0.500. The second-order valence-electron chi connectivity index (χ2n) is 4.02. The van der Waals surface area contributed by atoms with Crippen LogP contribution in [0.1, 0.15) is 24.2 Å². The van der Waals surface area contributed by atoms with Gasteiger partial charge >= 0.3 is 0 Å². The number of hydrogen-bond donors (Lipinski definition) is 1. The molecule has 0 spiro atoms. The standard InChI is InChI=1S/C12H16ClNO2/c1-7-4-11(15-3)10(13)5-9(7)12-6-14-8(2)16-12/h4-5,8,12,14H,6H2,1-3H3. The molecule has 2 rings (SSSR count). The van der Waals surface area contributed by atoms with Crippen LogP contribution in [0.3, 0.4) is 0 Å². The lowest BCUT2D eigenvalue weighted by atomic mass is 10.0. The second-order valence-corrected chi connectivity index (χ2v) is 4.43. The van der Waals surface area contributed by atoms with E-state index in [0.717, 1.165) is 17.7 Å². The number of hydrogen-bond acceptors (Lipinski definition) is 3. The molecule has 0 saturated carbocycles. The van der Waals surface area contributed by atoms with Crippen LogP contribution in [0.25, 0.3) is 0 Å². The Morgan fingerprint density at radius 3 is 2.81 bits per heavy atom. The van der Waals surface area contributed by atoms with E-state index in [4.69, 9.17) is 21.1 Å². The number of ether oxygens (including phenoxy) is 2. The lowest BCUT2D eigenvalue weighted by molar-refractivity contribution is 0.0526. The molecule has 0 aromatic heterocycles. The Bertz CT molecular complexity index is 395. The molecule has 1 aliphatic rings. The molecule has 2 atom stereocenters. The first-order valence-corrected chi connectivity index (χ1v) is 5.72. The van der Waals surface area contributed by atoms with Gasteiger partial charge in [0.05, 0.1) is 18.2 Å². The quantitative estimate of drug-likeness (QED) is 0.864. The van der Waals surface area contributed by atoms with Crippen LogP contribution in [0, 0.1) is 6.92 Å². The predicted molar refractivity (Wildman–Crippen MR) is 64.0 cm³/mol. The van der Waals surface area contributed by atoms with E-state index < -0.39 is 0 Å². The SMILES string of the molecule is COc1cc(C)c(C2CNC(C)O2)cc1Cl. The highest BCUT2D eigenvalue weighted by atomic mass is 35.5. The van der Waals surface area contributed by atoms with Crippen LogP contribution in [-0.2, 0) is 4.74 Å². The summed E-state index contributed by atoms with van der Waals surface area (Å²) < 4.78 is 10.9. The highest BCUT2D eigenvalue weighted by Gasteiger charge is 2.24. The van der Waals surface area contributed by atoms with Crippen molar-refractivity contribution in [3.63, 3.8) is 0 Å². The van der Waals surface area contributed by atoms with E-state index in [1.807, 2.05) is 26.0 Å². The summed E-state index contributed by atoms with van der Waals surface area (Å²) in [6, 6.07) is 3.88. The summed E-state index contributed by atoms with van der Waals surface area (Å²) in [5, 5.41) is 3.88. The van der Waals surface area contributed by atoms with E-state index in [9.17, 15) is 0 Å². The minimum atomic E-state index is 0.0819. The van der Waals surface area contributed by atoms with Gasteiger partial charge < -0.3 is 9.47 Å². The Labute approximate surface area is 101 Å². The number of halogens is 1. The molecule has 1 aromatic carbocycles. The van der Waals surface area contributed by atoms with Crippen molar-refractivity contribution in [2.24, 2.45) is 0 Å².